The van der Waals surface area contributed by atoms with E-state index in [9.17, 15) is 4.39 Å². The Labute approximate surface area is 132 Å². The zero-order valence-electron chi connectivity index (χ0n) is 11.6. The van der Waals surface area contributed by atoms with Gasteiger partial charge in [0.2, 0.25) is 0 Å². The van der Waals surface area contributed by atoms with Crippen LogP contribution >= 0.6 is 15.9 Å². The van der Waals surface area contributed by atoms with E-state index in [-0.39, 0.29) is 5.82 Å². The molecule has 2 nitrogen and oxygen atoms in total. The van der Waals surface area contributed by atoms with E-state index in [1.54, 1.807) is 13.2 Å². The second-order valence-corrected chi connectivity index (χ2v) is 5.89. The number of nitrogens with zero attached hydrogens (tertiary/aromatic N) is 1. The van der Waals surface area contributed by atoms with Gasteiger partial charge in [-0.1, -0.05) is 12.1 Å². The zero-order chi connectivity index (χ0) is 14.8. The first-order valence-electron chi connectivity index (χ1n) is 6.69. The van der Waals surface area contributed by atoms with Gasteiger partial charge in [0.1, 0.15) is 11.6 Å². The summed E-state index contributed by atoms with van der Waals surface area (Å²) in [5.74, 6) is 0.639. The molecule has 0 fully saturated rings. The van der Waals surface area contributed by atoms with E-state index >= 15 is 0 Å². The second-order valence-electron chi connectivity index (χ2n) is 5.03. The van der Waals surface area contributed by atoms with Crippen LogP contribution in [0, 0.1) is 5.82 Å². The molecule has 0 saturated heterocycles. The molecule has 0 bridgehead atoms. The van der Waals surface area contributed by atoms with Crippen LogP contribution in [0.4, 0.5) is 4.39 Å². The maximum absolute atomic E-state index is 13.5. The van der Waals surface area contributed by atoms with E-state index in [4.69, 9.17) is 4.74 Å². The molecule has 108 valence electrons. The maximum Gasteiger partial charge on any atom is 0.137 e. The lowest BCUT2D eigenvalue weighted by atomic mass is 10.0. The largest absolute Gasteiger partial charge is 0.497 e. The topological polar surface area (TPSA) is 12.5 Å². The quantitative estimate of drug-likeness (QED) is 0.805. The van der Waals surface area contributed by atoms with E-state index < -0.39 is 0 Å². The number of benzene rings is 2. The zero-order valence-corrected chi connectivity index (χ0v) is 13.2. The number of halogens is 2. The average Bonchev–Trinajstić information content (AvgIpc) is 2.49. The highest BCUT2D eigenvalue weighted by molar-refractivity contribution is 9.10. The van der Waals surface area contributed by atoms with E-state index in [1.165, 1.54) is 5.56 Å². The van der Waals surface area contributed by atoms with Gasteiger partial charge in [-0.2, -0.15) is 0 Å². The van der Waals surface area contributed by atoms with Crippen molar-refractivity contribution in [3.8, 4) is 5.75 Å². The Bertz CT molecular complexity index is 682. The van der Waals surface area contributed by atoms with E-state index in [0.717, 1.165) is 30.0 Å². The van der Waals surface area contributed by atoms with Crippen molar-refractivity contribution in [2.45, 2.75) is 13.1 Å². The standard InChI is InChI=1S/C17H15BrFNO/c1-21-15-4-2-12(3-5-15)10-20-7-6-13-9-17(19)16(18)8-14(13)11-20/h2-9H,10-11H2,1H3. The fourth-order valence-corrected chi connectivity index (χ4v) is 2.82. The van der Waals surface area contributed by atoms with Gasteiger partial charge < -0.3 is 9.64 Å². The number of hydrogen-bond donors (Lipinski definition) is 0. The molecule has 2 aromatic carbocycles. The van der Waals surface area contributed by atoms with Gasteiger partial charge in [0.15, 0.2) is 0 Å². The van der Waals surface area contributed by atoms with Crippen molar-refractivity contribution in [2.75, 3.05) is 7.11 Å². The summed E-state index contributed by atoms with van der Waals surface area (Å²) in [5, 5.41) is 0. The molecule has 4 heteroatoms. The summed E-state index contributed by atoms with van der Waals surface area (Å²) in [6.07, 6.45) is 3.97. The third kappa shape index (κ3) is 3.10. The molecule has 0 saturated carbocycles. The maximum atomic E-state index is 13.5. The van der Waals surface area contributed by atoms with E-state index in [2.05, 4.69) is 33.0 Å². The summed E-state index contributed by atoms with van der Waals surface area (Å²) >= 11 is 3.25. The molecule has 3 rings (SSSR count). The Kier molecular flexibility index (Phi) is 3.97. The van der Waals surface area contributed by atoms with Gasteiger partial charge >= 0.3 is 0 Å². The smallest absolute Gasteiger partial charge is 0.137 e. The number of rotatable bonds is 3. The van der Waals surface area contributed by atoms with Crippen molar-refractivity contribution in [2.24, 2.45) is 0 Å². The van der Waals surface area contributed by atoms with E-state index in [1.807, 2.05) is 30.5 Å². The number of methoxy groups -OCH3 is 1. The van der Waals surface area contributed by atoms with E-state index in [0.29, 0.717) is 4.47 Å². The summed E-state index contributed by atoms with van der Waals surface area (Å²) in [4.78, 5) is 2.20. The van der Waals surface area contributed by atoms with Crippen molar-refractivity contribution >= 4 is 22.0 Å². The van der Waals surface area contributed by atoms with Gasteiger partial charge in [0.25, 0.3) is 0 Å². The van der Waals surface area contributed by atoms with Crippen LogP contribution in [0.2, 0.25) is 0 Å². The first-order chi connectivity index (χ1) is 10.2. The second kappa shape index (κ2) is 5.90. The van der Waals surface area contributed by atoms with Crippen molar-refractivity contribution in [1.82, 2.24) is 4.90 Å². The van der Waals surface area contributed by atoms with Crippen molar-refractivity contribution in [1.29, 1.82) is 0 Å². The minimum atomic E-state index is -0.220. The molecule has 0 radical (unpaired) electrons. The summed E-state index contributed by atoms with van der Waals surface area (Å²) in [6.45, 7) is 1.59. The highest BCUT2D eigenvalue weighted by atomic mass is 79.9. The average molecular weight is 348 g/mol. The number of ether oxygens (including phenoxy) is 1. The Hall–Kier alpha value is -1.81. The molecule has 0 N–H and O–H groups in total. The van der Waals surface area contributed by atoms with Gasteiger partial charge in [-0.25, -0.2) is 4.39 Å². The molecule has 1 aliphatic heterocycles. The molecular formula is C17H15BrFNO. The van der Waals surface area contributed by atoms with Crippen LogP contribution in [-0.4, -0.2) is 12.0 Å². The molecule has 1 aliphatic rings. The van der Waals surface area contributed by atoms with Gasteiger partial charge in [0.05, 0.1) is 11.6 Å². The Morgan fingerprint density at radius 2 is 2.00 bits per heavy atom. The molecule has 0 spiro atoms. The predicted octanol–water partition coefficient (Wildman–Crippen LogP) is 4.58. The van der Waals surface area contributed by atoms with Crippen LogP contribution < -0.4 is 4.74 Å². The molecular weight excluding hydrogens is 333 g/mol. The van der Waals surface area contributed by atoms with Gasteiger partial charge in [-0.05, 0) is 63.0 Å². The Morgan fingerprint density at radius 1 is 1.24 bits per heavy atom. The van der Waals surface area contributed by atoms with Crippen molar-refractivity contribution in [3.05, 3.63) is 69.6 Å². The predicted molar refractivity (Wildman–Crippen MR) is 85.4 cm³/mol. The lowest BCUT2D eigenvalue weighted by Crippen LogP contribution is -2.19. The van der Waals surface area contributed by atoms with Crippen molar-refractivity contribution < 1.29 is 9.13 Å². The first-order valence-corrected chi connectivity index (χ1v) is 7.48. The van der Waals surface area contributed by atoms with Crippen LogP contribution in [-0.2, 0) is 13.1 Å². The summed E-state index contributed by atoms with van der Waals surface area (Å²) in [5.41, 5.74) is 3.28. The fourth-order valence-electron chi connectivity index (χ4n) is 2.43. The lowest BCUT2D eigenvalue weighted by Gasteiger charge is -2.25. The minimum Gasteiger partial charge on any atom is -0.497 e. The highest BCUT2D eigenvalue weighted by Gasteiger charge is 2.13. The van der Waals surface area contributed by atoms with Crippen LogP contribution in [0.3, 0.4) is 0 Å². The molecule has 0 aromatic heterocycles. The van der Waals surface area contributed by atoms with Gasteiger partial charge in [-0.15, -0.1) is 0 Å². The number of fused-ring (bicyclic) bond motifs is 1. The number of hydrogen-bond acceptors (Lipinski definition) is 2. The molecule has 2 aromatic rings. The normalized spacial score (nSPS) is 13.2. The highest BCUT2D eigenvalue weighted by Crippen LogP contribution is 2.27. The fraction of sp³-hybridized carbons (Fsp3) is 0.176. The first kappa shape index (κ1) is 14.1. The Morgan fingerprint density at radius 3 is 2.71 bits per heavy atom. The monoisotopic (exact) mass is 347 g/mol. The summed E-state index contributed by atoms with van der Waals surface area (Å²) in [6, 6.07) is 11.5. The van der Waals surface area contributed by atoms with Gasteiger partial charge in [-0.3, -0.25) is 0 Å². The third-order valence-electron chi connectivity index (χ3n) is 3.57. The summed E-state index contributed by atoms with van der Waals surface area (Å²) in [7, 11) is 1.66. The lowest BCUT2D eigenvalue weighted by molar-refractivity contribution is 0.358. The Balaban J connectivity index is 1.75. The molecule has 1 heterocycles. The van der Waals surface area contributed by atoms with Gasteiger partial charge in [0, 0.05) is 19.3 Å². The summed E-state index contributed by atoms with van der Waals surface area (Å²) < 4.78 is 19.2. The molecule has 0 aliphatic carbocycles. The SMILES string of the molecule is COc1ccc(CN2C=Cc3cc(F)c(Br)cc3C2)cc1. The molecule has 0 unspecified atom stereocenters. The van der Waals surface area contributed by atoms with Crippen LogP contribution in [0.5, 0.6) is 5.75 Å². The molecule has 21 heavy (non-hydrogen) atoms. The molecule has 0 atom stereocenters. The van der Waals surface area contributed by atoms with Crippen molar-refractivity contribution in [3.63, 3.8) is 0 Å². The third-order valence-corrected chi connectivity index (χ3v) is 4.17. The van der Waals surface area contributed by atoms with Crippen LogP contribution in [0.25, 0.3) is 6.08 Å². The van der Waals surface area contributed by atoms with Crippen LogP contribution in [0.1, 0.15) is 16.7 Å². The molecule has 0 amide bonds. The van der Waals surface area contributed by atoms with Crippen LogP contribution in [0.15, 0.2) is 47.1 Å². The minimum absolute atomic E-state index is 0.220.